The zero-order valence-corrected chi connectivity index (χ0v) is 13.4. The Bertz CT molecular complexity index is 856. The number of benzene rings is 3. The lowest BCUT2D eigenvalue weighted by Gasteiger charge is -2.29. The maximum absolute atomic E-state index is 6.27. The van der Waals surface area contributed by atoms with Gasteiger partial charge in [-0.25, -0.2) is 0 Å². The van der Waals surface area contributed by atoms with Crippen molar-refractivity contribution in [1.29, 1.82) is 0 Å². The topological polar surface area (TPSA) is 18.5 Å². The lowest BCUT2D eigenvalue weighted by Crippen LogP contribution is -2.15. The summed E-state index contributed by atoms with van der Waals surface area (Å²) in [5, 5.41) is 0.722. The number of rotatable bonds is 2. The van der Waals surface area contributed by atoms with Gasteiger partial charge in [0, 0.05) is 16.1 Å². The first kappa shape index (κ1) is 14.2. The molecule has 2 nitrogen and oxygen atoms in total. The van der Waals surface area contributed by atoms with Crippen molar-refractivity contribution in [2.75, 3.05) is 7.11 Å². The van der Waals surface area contributed by atoms with Crippen molar-refractivity contribution in [1.82, 2.24) is 0 Å². The molecule has 3 aromatic carbocycles. The van der Waals surface area contributed by atoms with Crippen LogP contribution in [-0.4, -0.2) is 7.11 Å². The van der Waals surface area contributed by atoms with E-state index < -0.39 is 0 Å². The molecule has 0 aromatic heterocycles. The number of fused-ring (bicyclic) bond motifs is 3. The van der Waals surface area contributed by atoms with E-state index in [4.69, 9.17) is 21.1 Å². The van der Waals surface area contributed by atoms with Gasteiger partial charge in [0.2, 0.25) is 0 Å². The van der Waals surface area contributed by atoms with Crippen LogP contribution in [-0.2, 0) is 0 Å². The van der Waals surface area contributed by atoms with Gasteiger partial charge in [0.1, 0.15) is 17.6 Å². The monoisotopic (exact) mass is 322 g/mol. The first-order valence-electron chi connectivity index (χ1n) is 7.46. The molecule has 1 unspecified atom stereocenters. The predicted molar refractivity (Wildman–Crippen MR) is 92.4 cm³/mol. The second-order valence-corrected chi connectivity index (χ2v) is 5.94. The molecule has 1 aliphatic rings. The van der Waals surface area contributed by atoms with Crippen LogP contribution in [0.4, 0.5) is 0 Å². The summed E-state index contributed by atoms with van der Waals surface area (Å²) in [5.74, 6) is 1.73. The van der Waals surface area contributed by atoms with Crippen LogP contribution < -0.4 is 9.47 Å². The smallest absolute Gasteiger partial charge is 0.149 e. The fraction of sp³-hybridized carbons (Fsp3) is 0.100. The van der Waals surface area contributed by atoms with Crippen molar-refractivity contribution in [3.63, 3.8) is 0 Å². The van der Waals surface area contributed by atoms with Crippen molar-refractivity contribution in [3.8, 4) is 22.6 Å². The summed E-state index contributed by atoms with van der Waals surface area (Å²) in [7, 11) is 1.68. The van der Waals surface area contributed by atoms with Crippen LogP contribution in [0.15, 0.2) is 66.7 Å². The molecule has 3 heteroatoms. The van der Waals surface area contributed by atoms with Crippen LogP contribution in [0.1, 0.15) is 17.2 Å². The van der Waals surface area contributed by atoms with E-state index in [0.29, 0.717) is 0 Å². The summed E-state index contributed by atoms with van der Waals surface area (Å²) in [6.45, 7) is 0. The molecule has 0 aliphatic carbocycles. The SMILES string of the molecule is COc1ccc2c(c1)-c1ccccc1OC2c1ccc(Cl)cc1. The number of methoxy groups -OCH3 is 1. The summed E-state index contributed by atoms with van der Waals surface area (Å²) in [5.41, 5.74) is 4.44. The molecule has 0 N–H and O–H groups in total. The van der Waals surface area contributed by atoms with Crippen LogP contribution in [0.5, 0.6) is 11.5 Å². The Morgan fingerprint density at radius 3 is 2.48 bits per heavy atom. The van der Waals surface area contributed by atoms with Crippen molar-refractivity contribution in [2.24, 2.45) is 0 Å². The van der Waals surface area contributed by atoms with Gasteiger partial charge in [-0.1, -0.05) is 48.0 Å². The molecule has 0 bridgehead atoms. The molecule has 1 atom stereocenters. The molecule has 0 saturated carbocycles. The summed E-state index contributed by atoms with van der Waals surface area (Å²) in [6, 6.07) is 22.0. The van der Waals surface area contributed by atoms with E-state index in [9.17, 15) is 0 Å². The van der Waals surface area contributed by atoms with Gasteiger partial charge < -0.3 is 9.47 Å². The molecule has 0 amide bonds. The minimum atomic E-state index is -0.150. The third kappa shape index (κ3) is 2.45. The zero-order valence-electron chi connectivity index (χ0n) is 12.6. The third-order valence-electron chi connectivity index (χ3n) is 4.14. The van der Waals surface area contributed by atoms with Gasteiger partial charge in [-0.15, -0.1) is 0 Å². The van der Waals surface area contributed by atoms with Gasteiger partial charge in [-0.3, -0.25) is 0 Å². The molecule has 1 heterocycles. The summed E-state index contributed by atoms with van der Waals surface area (Å²) < 4.78 is 11.7. The molecule has 23 heavy (non-hydrogen) atoms. The maximum Gasteiger partial charge on any atom is 0.149 e. The van der Waals surface area contributed by atoms with E-state index in [1.54, 1.807) is 7.11 Å². The Kier molecular flexibility index (Phi) is 3.47. The second-order valence-electron chi connectivity index (χ2n) is 5.50. The number of para-hydroxylation sites is 1. The van der Waals surface area contributed by atoms with Gasteiger partial charge in [-0.2, -0.15) is 0 Å². The number of hydrogen-bond acceptors (Lipinski definition) is 2. The van der Waals surface area contributed by atoms with E-state index in [0.717, 1.165) is 38.8 Å². The molecule has 114 valence electrons. The van der Waals surface area contributed by atoms with E-state index in [2.05, 4.69) is 18.2 Å². The average molecular weight is 323 g/mol. The molecule has 1 aliphatic heterocycles. The molecular formula is C20H15ClO2. The van der Waals surface area contributed by atoms with Crippen molar-refractivity contribution >= 4 is 11.6 Å². The van der Waals surface area contributed by atoms with E-state index in [-0.39, 0.29) is 6.10 Å². The van der Waals surface area contributed by atoms with Crippen LogP contribution >= 0.6 is 11.6 Å². The average Bonchev–Trinajstić information content (AvgIpc) is 2.61. The first-order valence-corrected chi connectivity index (χ1v) is 7.83. The van der Waals surface area contributed by atoms with E-state index in [1.165, 1.54) is 0 Å². The van der Waals surface area contributed by atoms with Gasteiger partial charge in [-0.05, 0) is 41.5 Å². The van der Waals surface area contributed by atoms with Gasteiger partial charge >= 0.3 is 0 Å². The highest BCUT2D eigenvalue weighted by Crippen LogP contribution is 2.45. The summed E-state index contributed by atoms with van der Waals surface area (Å²) in [6.07, 6.45) is -0.150. The largest absolute Gasteiger partial charge is 0.497 e. The number of hydrogen-bond donors (Lipinski definition) is 0. The Balaban J connectivity index is 1.90. The minimum Gasteiger partial charge on any atom is -0.497 e. The van der Waals surface area contributed by atoms with Gasteiger partial charge in [0.05, 0.1) is 7.11 Å². The fourth-order valence-electron chi connectivity index (χ4n) is 2.99. The Labute approximate surface area is 140 Å². The molecule has 0 saturated heterocycles. The normalized spacial score (nSPS) is 15.3. The summed E-state index contributed by atoms with van der Waals surface area (Å²) in [4.78, 5) is 0. The van der Waals surface area contributed by atoms with Crippen LogP contribution in [0.3, 0.4) is 0 Å². The van der Waals surface area contributed by atoms with E-state index >= 15 is 0 Å². The Morgan fingerprint density at radius 1 is 0.913 bits per heavy atom. The highest BCUT2D eigenvalue weighted by atomic mass is 35.5. The fourth-order valence-corrected chi connectivity index (χ4v) is 3.12. The molecular weight excluding hydrogens is 308 g/mol. The maximum atomic E-state index is 6.27. The van der Waals surface area contributed by atoms with E-state index in [1.807, 2.05) is 48.5 Å². The number of halogens is 1. The van der Waals surface area contributed by atoms with Crippen molar-refractivity contribution in [2.45, 2.75) is 6.10 Å². The summed E-state index contributed by atoms with van der Waals surface area (Å²) >= 11 is 6.01. The zero-order chi connectivity index (χ0) is 15.8. The lowest BCUT2D eigenvalue weighted by molar-refractivity contribution is 0.243. The highest BCUT2D eigenvalue weighted by molar-refractivity contribution is 6.30. The molecule has 0 radical (unpaired) electrons. The first-order chi connectivity index (χ1) is 11.3. The molecule has 3 aromatic rings. The number of ether oxygens (including phenoxy) is 2. The molecule has 4 rings (SSSR count). The minimum absolute atomic E-state index is 0.150. The van der Waals surface area contributed by atoms with Crippen LogP contribution in [0, 0.1) is 0 Å². The van der Waals surface area contributed by atoms with Crippen molar-refractivity contribution < 1.29 is 9.47 Å². The lowest BCUT2D eigenvalue weighted by atomic mass is 9.89. The predicted octanol–water partition coefficient (Wildman–Crippen LogP) is 5.50. The van der Waals surface area contributed by atoms with Gasteiger partial charge in [0.25, 0.3) is 0 Å². The van der Waals surface area contributed by atoms with Gasteiger partial charge in [0.15, 0.2) is 0 Å². The van der Waals surface area contributed by atoms with Crippen LogP contribution in [0.2, 0.25) is 5.02 Å². The second kappa shape index (κ2) is 5.64. The van der Waals surface area contributed by atoms with Crippen LogP contribution in [0.25, 0.3) is 11.1 Å². The quantitative estimate of drug-likeness (QED) is 0.620. The Hall–Kier alpha value is -2.45. The highest BCUT2D eigenvalue weighted by Gasteiger charge is 2.27. The van der Waals surface area contributed by atoms with Crippen molar-refractivity contribution in [3.05, 3.63) is 82.9 Å². The molecule has 0 fully saturated rings. The third-order valence-corrected chi connectivity index (χ3v) is 4.39. The Morgan fingerprint density at radius 2 is 1.70 bits per heavy atom. The standard InChI is InChI=1S/C20H15ClO2/c1-22-15-10-11-17-18(12-15)16-4-2-3-5-19(16)23-20(17)13-6-8-14(21)9-7-13/h2-12,20H,1H3. The molecule has 0 spiro atoms.